The van der Waals surface area contributed by atoms with Crippen LogP contribution in [0, 0.1) is 0 Å². The molecule has 1 aromatic heterocycles. The fourth-order valence-electron chi connectivity index (χ4n) is 2.29. The zero-order valence-electron chi connectivity index (χ0n) is 9.43. The number of carbonyl (C=O) groups excluding carboxylic acids is 1. The van der Waals surface area contributed by atoms with E-state index in [1.165, 1.54) is 12.8 Å². The number of pyridine rings is 1. The second-order valence-electron chi connectivity index (χ2n) is 4.42. The number of aromatic nitrogens is 1. The van der Waals surface area contributed by atoms with Crippen LogP contribution in [0.5, 0.6) is 5.88 Å². The van der Waals surface area contributed by atoms with Gasteiger partial charge in [0.2, 0.25) is 12.2 Å². The van der Waals surface area contributed by atoms with Crippen LogP contribution in [0.15, 0.2) is 12.1 Å². The van der Waals surface area contributed by atoms with Gasteiger partial charge < -0.3 is 14.7 Å². The molecule has 0 bridgehead atoms. The molecule has 90 valence electrons. The number of fused-ring (bicyclic) bond motifs is 1. The van der Waals surface area contributed by atoms with Gasteiger partial charge in [-0.1, -0.05) is 0 Å². The smallest absolute Gasteiger partial charge is 0.228 e. The number of Topliss-reactive ketones (excluding diaryl/α,β-unsaturated/α-hetero) is 1. The number of aliphatic hydroxyl groups excluding tert-OH is 1. The van der Waals surface area contributed by atoms with Crippen LogP contribution in [0.1, 0.15) is 29.6 Å². The highest BCUT2D eigenvalue weighted by molar-refractivity contribution is 5.99. The Bertz CT molecular complexity index is 455. The molecule has 3 rings (SSSR count). The molecule has 2 aliphatic rings. The lowest BCUT2D eigenvalue weighted by Gasteiger charge is -2.23. The lowest BCUT2D eigenvalue weighted by Crippen LogP contribution is -2.28. The highest BCUT2D eigenvalue weighted by atomic mass is 16.6. The van der Waals surface area contributed by atoms with Gasteiger partial charge in [-0.15, -0.1) is 0 Å². The molecule has 0 aliphatic carbocycles. The molecule has 1 unspecified atom stereocenters. The van der Waals surface area contributed by atoms with E-state index in [1.54, 1.807) is 6.07 Å². The summed E-state index contributed by atoms with van der Waals surface area (Å²) in [5.74, 6) is 0.973. The van der Waals surface area contributed by atoms with Crippen molar-refractivity contribution in [2.45, 2.75) is 25.6 Å². The predicted octanol–water partition coefficient (Wildman–Crippen LogP) is 0.965. The molecule has 1 atom stereocenters. The minimum atomic E-state index is -1.06. The Morgan fingerprint density at radius 3 is 2.88 bits per heavy atom. The van der Waals surface area contributed by atoms with Gasteiger partial charge in [-0.05, 0) is 25.0 Å². The third kappa shape index (κ3) is 1.86. The first kappa shape index (κ1) is 10.5. The number of rotatable bonds is 1. The summed E-state index contributed by atoms with van der Waals surface area (Å²) in [5, 5.41) is 9.39. The zero-order valence-corrected chi connectivity index (χ0v) is 9.43. The monoisotopic (exact) mass is 234 g/mol. The molecule has 0 spiro atoms. The number of aliphatic hydroxyl groups is 1. The largest absolute Gasteiger partial charge is 0.447 e. The van der Waals surface area contributed by atoms with Crippen LogP contribution in [0.3, 0.4) is 0 Å². The fraction of sp³-hybridized carbons (Fsp3) is 0.500. The van der Waals surface area contributed by atoms with Gasteiger partial charge in [0.05, 0.1) is 12.0 Å². The molecule has 0 saturated carbocycles. The number of nitrogens with zero attached hydrogens (tertiary/aromatic N) is 2. The van der Waals surface area contributed by atoms with E-state index in [1.807, 2.05) is 6.07 Å². The normalized spacial score (nSPS) is 23.5. The number of hydrogen-bond donors (Lipinski definition) is 1. The van der Waals surface area contributed by atoms with Crippen LogP contribution in [0.4, 0.5) is 5.82 Å². The third-order valence-corrected chi connectivity index (χ3v) is 3.18. The summed E-state index contributed by atoms with van der Waals surface area (Å²) in [5.41, 5.74) is 0.471. The summed E-state index contributed by atoms with van der Waals surface area (Å²) >= 11 is 0. The van der Waals surface area contributed by atoms with E-state index in [2.05, 4.69) is 9.88 Å². The number of carbonyl (C=O) groups is 1. The molecule has 0 amide bonds. The second-order valence-corrected chi connectivity index (χ2v) is 4.42. The Labute approximate surface area is 99.0 Å². The van der Waals surface area contributed by atoms with Crippen molar-refractivity contribution < 1.29 is 14.6 Å². The van der Waals surface area contributed by atoms with Crippen LogP contribution in [0.25, 0.3) is 0 Å². The molecule has 1 aromatic rings. The summed E-state index contributed by atoms with van der Waals surface area (Å²) < 4.78 is 5.20. The molecule has 5 heteroatoms. The molecule has 0 radical (unpaired) electrons. The molecular formula is C12H14N2O3. The molecule has 17 heavy (non-hydrogen) atoms. The van der Waals surface area contributed by atoms with Crippen molar-refractivity contribution in [1.29, 1.82) is 0 Å². The highest BCUT2D eigenvalue weighted by Gasteiger charge is 2.27. The molecule has 2 aliphatic heterocycles. The van der Waals surface area contributed by atoms with Crippen LogP contribution in [-0.4, -0.2) is 35.3 Å². The van der Waals surface area contributed by atoms with E-state index < -0.39 is 6.29 Å². The maximum Gasteiger partial charge on any atom is 0.228 e. The van der Waals surface area contributed by atoms with Crippen molar-refractivity contribution in [1.82, 2.24) is 4.98 Å². The van der Waals surface area contributed by atoms with Crippen molar-refractivity contribution >= 4 is 11.6 Å². The molecule has 3 heterocycles. The quantitative estimate of drug-likeness (QED) is 0.784. The number of hydrogen-bond acceptors (Lipinski definition) is 5. The first-order valence-electron chi connectivity index (χ1n) is 5.88. The average molecular weight is 234 g/mol. The minimum absolute atomic E-state index is 0.0116. The Morgan fingerprint density at radius 1 is 1.35 bits per heavy atom. The van der Waals surface area contributed by atoms with Gasteiger partial charge in [-0.3, -0.25) is 4.79 Å². The van der Waals surface area contributed by atoms with Gasteiger partial charge in [0.15, 0.2) is 5.78 Å². The van der Waals surface area contributed by atoms with Gasteiger partial charge in [0.25, 0.3) is 0 Å². The minimum Gasteiger partial charge on any atom is -0.447 e. The lowest BCUT2D eigenvalue weighted by molar-refractivity contribution is -0.0276. The van der Waals surface area contributed by atoms with Gasteiger partial charge in [-0.25, -0.2) is 0 Å². The standard InChI is InChI=1S/C12H14N2O3/c15-9-7-11(16)17-12-8(9)3-4-10(13-12)14-5-1-2-6-14/h3-4,11,16H,1-2,5-7H2. The van der Waals surface area contributed by atoms with Crippen molar-refractivity contribution in [3.63, 3.8) is 0 Å². The Balaban J connectivity index is 1.94. The van der Waals surface area contributed by atoms with Crippen LogP contribution >= 0.6 is 0 Å². The van der Waals surface area contributed by atoms with Gasteiger partial charge in [0.1, 0.15) is 5.82 Å². The first-order valence-corrected chi connectivity index (χ1v) is 5.88. The maximum absolute atomic E-state index is 11.6. The maximum atomic E-state index is 11.6. The predicted molar refractivity (Wildman–Crippen MR) is 61.3 cm³/mol. The SMILES string of the molecule is O=C1CC(O)Oc2nc(N3CCCC3)ccc21. The highest BCUT2D eigenvalue weighted by Crippen LogP contribution is 2.28. The van der Waals surface area contributed by atoms with Crippen molar-refractivity contribution in [3.05, 3.63) is 17.7 Å². The van der Waals surface area contributed by atoms with Gasteiger partial charge in [0, 0.05) is 13.1 Å². The van der Waals surface area contributed by atoms with Crippen LogP contribution < -0.4 is 9.64 Å². The second kappa shape index (κ2) is 4.00. The van der Waals surface area contributed by atoms with Crippen molar-refractivity contribution in [2.75, 3.05) is 18.0 Å². The van der Waals surface area contributed by atoms with Crippen LogP contribution in [0.2, 0.25) is 0 Å². The summed E-state index contributed by atoms with van der Waals surface area (Å²) in [6.07, 6.45) is 1.29. The fourth-order valence-corrected chi connectivity index (χ4v) is 2.29. The summed E-state index contributed by atoms with van der Waals surface area (Å²) in [6.45, 7) is 1.98. The van der Waals surface area contributed by atoms with Crippen LogP contribution in [-0.2, 0) is 0 Å². The van der Waals surface area contributed by atoms with E-state index in [9.17, 15) is 9.90 Å². The Hall–Kier alpha value is -1.62. The molecular weight excluding hydrogens is 220 g/mol. The average Bonchev–Trinajstić information content (AvgIpc) is 2.81. The number of ether oxygens (including phenoxy) is 1. The van der Waals surface area contributed by atoms with Gasteiger partial charge >= 0.3 is 0 Å². The molecule has 1 N–H and O–H groups in total. The summed E-state index contributed by atoms with van der Waals surface area (Å²) in [6, 6.07) is 3.59. The molecule has 1 fully saturated rings. The van der Waals surface area contributed by atoms with E-state index in [-0.39, 0.29) is 18.1 Å². The molecule has 0 aromatic carbocycles. The molecule has 5 nitrogen and oxygen atoms in total. The Morgan fingerprint density at radius 2 is 2.12 bits per heavy atom. The number of anilines is 1. The van der Waals surface area contributed by atoms with Crippen molar-refractivity contribution in [3.8, 4) is 5.88 Å². The van der Waals surface area contributed by atoms with Gasteiger partial charge in [-0.2, -0.15) is 4.98 Å². The van der Waals surface area contributed by atoms with Crippen molar-refractivity contribution in [2.24, 2.45) is 0 Å². The summed E-state index contributed by atoms with van der Waals surface area (Å²) in [4.78, 5) is 18.1. The first-order chi connectivity index (χ1) is 8.24. The van der Waals surface area contributed by atoms with E-state index in [0.29, 0.717) is 5.56 Å². The van der Waals surface area contributed by atoms with E-state index in [4.69, 9.17) is 4.74 Å². The van der Waals surface area contributed by atoms with E-state index in [0.717, 1.165) is 18.9 Å². The summed E-state index contributed by atoms with van der Waals surface area (Å²) in [7, 11) is 0. The lowest BCUT2D eigenvalue weighted by atomic mass is 10.1. The topological polar surface area (TPSA) is 62.7 Å². The third-order valence-electron chi connectivity index (χ3n) is 3.18. The van der Waals surface area contributed by atoms with E-state index >= 15 is 0 Å². The Kier molecular flexibility index (Phi) is 2.48. The number of ketones is 1. The zero-order chi connectivity index (χ0) is 11.8. The molecule has 1 saturated heterocycles.